The molecule has 100 valence electrons. The molecule has 19 heavy (non-hydrogen) atoms. The normalized spacial score (nSPS) is 13.8. The maximum atomic E-state index is 12.9. The Morgan fingerprint density at radius 3 is 2.58 bits per heavy atom. The summed E-state index contributed by atoms with van der Waals surface area (Å²) in [5.41, 5.74) is 7.02. The quantitative estimate of drug-likeness (QED) is 0.898. The van der Waals surface area contributed by atoms with E-state index in [9.17, 15) is 4.39 Å². The highest BCUT2D eigenvalue weighted by molar-refractivity contribution is 5.24. The van der Waals surface area contributed by atoms with Gasteiger partial charge in [0.05, 0.1) is 0 Å². The van der Waals surface area contributed by atoms with Crippen molar-refractivity contribution in [2.75, 3.05) is 0 Å². The Bertz CT molecular complexity index is 501. The summed E-state index contributed by atoms with van der Waals surface area (Å²) in [6, 6.07) is 9.56. The van der Waals surface area contributed by atoms with Gasteiger partial charge in [-0.3, -0.25) is 4.98 Å². The van der Waals surface area contributed by atoms with Gasteiger partial charge in [0.1, 0.15) is 17.7 Å². The number of hydrogen-bond acceptors (Lipinski definition) is 3. The van der Waals surface area contributed by atoms with Gasteiger partial charge in [0.15, 0.2) is 0 Å². The smallest absolute Gasteiger partial charge is 0.140 e. The monoisotopic (exact) mass is 260 g/mol. The molecule has 3 nitrogen and oxygen atoms in total. The first-order valence-electron chi connectivity index (χ1n) is 6.28. The standard InChI is InChI=1S/C15H17FN2O/c1-2-14(17)15(11-4-3-9-18-10-11)19-13-7-5-12(16)6-8-13/h3-10,14-15H,2,17H2,1H3. The molecule has 0 saturated heterocycles. The van der Waals surface area contributed by atoms with Crippen molar-refractivity contribution >= 4 is 0 Å². The largest absolute Gasteiger partial charge is 0.484 e. The molecule has 0 radical (unpaired) electrons. The molecule has 0 bridgehead atoms. The third kappa shape index (κ3) is 3.51. The fourth-order valence-electron chi connectivity index (χ4n) is 1.82. The minimum absolute atomic E-state index is 0.144. The highest BCUT2D eigenvalue weighted by Gasteiger charge is 2.20. The molecule has 2 atom stereocenters. The molecule has 1 heterocycles. The first kappa shape index (κ1) is 13.5. The third-order valence-electron chi connectivity index (χ3n) is 2.95. The summed E-state index contributed by atoms with van der Waals surface area (Å²) < 4.78 is 18.8. The highest BCUT2D eigenvalue weighted by atomic mass is 19.1. The van der Waals surface area contributed by atoms with Crippen molar-refractivity contribution in [3.8, 4) is 5.75 Å². The second-order valence-electron chi connectivity index (χ2n) is 4.35. The van der Waals surface area contributed by atoms with Crippen LogP contribution in [0.5, 0.6) is 5.75 Å². The molecule has 2 N–H and O–H groups in total. The van der Waals surface area contributed by atoms with E-state index in [0.717, 1.165) is 12.0 Å². The van der Waals surface area contributed by atoms with Gasteiger partial charge < -0.3 is 10.5 Å². The van der Waals surface area contributed by atoms with Crippen LogP contribution in [0.15, 0.2) is 48.8 Å². The summed E-state index contributed by atoms with van der Waals surface area (Å²) in [6.07, 6.45) is 3.93. The van der Waals surface area contributed by atoms with Crippen molar-refractivity contribution in [3.05, 3.63) is 60.2 Å². The van der Waals surface area contributed by atoms with Crippen LogP contribution in [0.2, 0.25) is 0 Å². The van der Waals surface area contributed by atoms with Crippen LogP contribution in [-0.4, -0.2) is 11.0 Å². The van der Waals surface area contributed by atoms with Gasteiger partial charge >= 0.3 is 0 Å². The van der Waals surface area contributed by atoms with E-state index >= 15 is 0 Å². The van der Waals surface area contributed by atoms with Crippen LogP contribution in [0.4, 0.5) is 4.39 Å². The topological polar surface area (TPSA) is 48.1 Å². The van der Waals surface area contributed by atoms with E-state index in [4.69, 9.17) is 10.5 Å². The molecule has 0 aliphatic carbocycles. The van der Waals surface area contributed by atoms with E-state index in [0.29, 0.717) is 5.75 Å². The lowest BCUT2D eigenvalue weighted by Crippen LogP contribution is -2.31. The predicted molar refractivity (Wildman–Crippen MR) is 72.3 cm³/mol. The Morgan fingerprint density at radius 1 is 1.26 bits per heavy atom. The summed E-state index contributed by atoms with van der Waals surface area (Å²) >= 11 is 0. The van der Waals surface area contributed by atoms with E-state index in [1.807, 2.05) is 19.1 Å². The highest BCUT2D eigenvalue weighted by Crippen LogP contribution is 2.25. The van der Waals surface area contributed by atoms with Gasteiger partial charge in [0, 0.05) is 24.0 Å². The van der Waals surface area contributed by atoms with Crippen molar-refractivity contribution in [1.29, 1.82) is 0 Å². The Balaban J connectivity index is 2.21. The van der Waals surface area contributed by atoms with Crippen LogP contribution >= 0.6 is 0 Å². The zero-order chi connectivity index (χ0) is 13.7. The molecule has 0 aliphatic heterocycles. The van der Waals surface area contributed by atoms with Gasteiger partial charge in [-0.2, -0.15) is 0 Å². The molecule has 0 saturated carbocycles. The number of hydrogen-bond donors (Lipinski definition) is 1. The maximum Gasteiger partial charge on any atom is 0.140 e. The Kier molecular flexibility index (Phi) is 4.47. The number of benzene rings is 1. The molecule has 2 aromatic rings. The van der Waals surface area contributed by atoms with E-state index in [2.05, 4.69) is 4.98 Å². The number of aromatic nitrogens is 1. The van der Waals surface area contributed by atoms with Crippen LogP contribution in [0.3, 0.4) is 0 Å². The van der Waals surface area contributed by atoms with Crippen molar-refractivity contribution < 1.29 is 9.13 Å². The fourth-order valence-corrected chi connectivity index (χ4v) is 1.82. The number of ether oxygens (including phenoxy) is 1. The Hall–Kier alpha value is -1.94. The van der Waals surface area contributed by atoms with Gasteiger partial charge in [-0.25, -0.2) is 4.39 Å². The molecule has 2 rings (SSSR count). The lowest BCUT2D eigenvalue weighted by atomic mass is 10.0. The molecular formula is C15H17FN2O. The SMILES string of the molecule is CCC(N)C(Oc1ccc(F)cc1)c1cccnc1. The Morgan fingerprint density at radius 2 is 2.00 bits per heavy atom. The first-order chi connectivity index (χ1) is 9.20. The average molecular weight is 260 g/mol. The second kappa shape index (κ2) is 6.29. The van der Waals surface area contributed by atoms with Gasteiger partial charge in [0.2, 0.25) is 0 Å². The average Bonchev–Trinajstić information content (AvgIpc) is 2.47. The van der Waals surface area contributed by atoms with Gasteiger partial charge in [-0.15, -0.1) is 0 Å². The van der Waals surface area contributed by atoms with E-state index in [1.165, 1.54) is 12.1 Å². The van der Waals surface area contributed by atoms with Gasteiger partial charge in [0.25, 0.3) is 0 Å². The molecule has 0 amide bonds. The van der Waals surface area contributed by atoms with Crippen LogP contribution in [0.25, 0.3) is 0 Å². The first-order valence-corrected chi connectivity index (χ1v) is 6.28. The number of rotatable bonds is 5. The molecular weight excluding hydrogens is 243 g/mol. The van der Waals surface area contributed by atoms with Crippen LogP contribution in [0, 0.1) is 5.82 Å². The molecule has 1 aromatic heterocycles. The van der Waals surface area contributed by atoms with Crippen molar-refractivity contribution in [1.82, 2.24) is 4.98 Å². The lowest BCUT2D eigenvalue weighted by Gasteiger charge is -2.24. The number of halogens is 1. The summed E-state index contributed by atoms with van der Waals surface area (Å²) in [4.78, 5) is 4.08. The second-order valence-corrected chi connectivity index (χ2v) is 4.35. The molecule has 0 fully saturated rings. The van der Waals surface area contributed by atoms with Crippen molar-refractivity contribution in [2.45, 2.75) is 25.5 Å². The van der Waals surface area contributed by atoms with Crippen molar-refractivity contribution in [2.24, 2.45) is 5.73 Å². The molecule has 1 aromatic carbocycles. The van der Waals surface area contributed by atoms with Gasteiger partial charge in [-0.1, -0.05) is 13.0 Å². The maximum absolute atomic E-state index is 12.9. The van der Waals surface area contributed by atoms with E-state index in [1.54, 1.807) is 24.5 Å². The van der Waals surface area contributed by atoms with Crippen LogP contribution < -0.4 is 10.5 Å². The van der Waals surface area contributed by atoms with Crippen LogP contribution in [-0.2, 0) is 0 Å². The third-order valence-corrected chi connectivity index (χ3v) is 2.95. The summed E-state index contributed by atoms with van der Waals surface area (Å²) in [7, 11) is 0. The predicted octanol–water partition coefficient (Wildman–Crippen LogP) is 3.08. The molecule has 2 unspecified atom stereocenters. The minimum Gasteiger partial charge on any atom is -0.484 e. The zero-order valence-electron chi connectivity index (χ0n) is 10.8. The molecule has 0 aliphatic rings. The number of nitrogens with two attached hydrogens (primary N) is 1. The number of nitrogens with zero attached hydrogens (tertiary/aromatic N) is 1. The van der Waals surface area contributed by atoms with Gasteiger partial charge in [-0.05, 0) is 36.8 Å². The lowest BCUT2D eigenvalue weighted by molar-refractivity contribution is 0.170. The Labute approximate surface area is 112 Å². The van der Waals surface area contributed by atoms with Crippen molar-refractivity contribution in [3.63, 3.8) is 0 Å². The molecule has 0 spiro atoms. The molecule has 4 heteroatoms. The zero-order valence-corrected chi connectivity index (χ0v) is 10.8. The summed E-state index contributed by atoms with van der Waals surface area (Å²) in [6.45, 7) is 2.00. The summed E-state index contributed by atoms with van der Waals surface area (Å²) in [5, 5.41) is 0. The number of pyridine rings is 1. The van der Waals surface area contributed by atoms with Crippen LogP contribution in [0.1, 0.15) is 25.0 Å². The van der Waals surface area contributed by atoms with E-state index < -0.39 is 0 Å². The fraction of sp³-hybridized carbons (Fsp3) is 0.267. The summed E-state index contributed by atoms with van der Waals surface area (Å²) in [5.74, 6) is 0.309. The minimum atomic E-state index is -0.288. The van der Waals surface area contributed by atoms with E-state index in [-0.39, 0.29) is 18.0 Å².